The Morgan fingerprint density at radius 2 is 2.04 bits per heavy atom. The van der Waals surface area contributed by atoms with E-state index < -0.39 is 5.97 Å². The van der Waals surface area contributed by atoms with Crippen LogP contribution < -0.4 is 10.6 Å². The van der Waals surface area contributed by atoms with Crippen LogP contribution in [0.25, 0.3) is 16.5 Å². The molecule has 2 aromatic rings. The standard InChI is InChI=1S/C19H17F2N3S/c1-11(3-8-18(21)22)15-6-5-13-10-17(25-19(13)24-15)12-4-7-16(23-2)14(20)9-12/h3-10,22-24H,1-2H3. The number of hydrogen-bond acceptors (Lipinski definition) is 4. The number of anilines is 2. The fourth-order valence-electron chi connectivity index (χ4n) is 2.50. The highest BCUT2D eigenvalue weighted by Gasteiger charge is 2.14. The van der Waals surface area contributed by atoms with Gasteiger partial charge >= 0.3 is 0 Å². The van der Waals surface area contributed by atoms with Gasteiger partial charge in [-0.1, -0.05) is 12.1 Å². The molecule has 1 aromatic heterocycles. The van der Waals surface area contributed by atoms with Gasteiger partial charge in [-0.15, -0.1) is 11.3 Å². The number of allylic oxidation sites excluding steroid dienone is 4. The van der Waals surface area contributed by atoms with Crippen LogP contribution in [0.5, 0.6) is 0 Å². The summed E-state index contributed by atoms with van der Waals surface area (Å²) < 4.78 is 26.5. The minimum atomic E-state index is -0.981. The van der Waals surface area contributed by atoms with Gasteiger partial charge in [-0.3, -0.25) is 5.41 Å². The van der Waals surface area contributed by atoms with E-state index in [1.54, 1.807) is 19.2 Å². The highest BCUT2D eigenvalue weighted by atomic mass is 32.1. The van der Waals surface area contributed by atoms with E-state index in [2.05, 4.69) is 10.6 Å². The first kappa shape index (κ1) is 17.1. The maximum absolute atomic E-state index is 14.0. The van der Waals surface area contributed by atoms with Gasteiger partial charge in [0.25, 0.3) is 0 Å². The lowest BCUT2D eigenvalue weighted by molar-refractivity contribution is 0.632. The predicted molar refractivity (Wildman–Crippen MR) is 103 cm³/mol. The normalized spacial score (nSPS) is 15.0. The van der Waals surface area contributed by atoms with Crippen LogP contribution in [0, 0.1) is 11.2 Å². The first-order chi connectivity index (χ1) is 12.0. The summed E-state index contributed by atoms with van der Waals surface area (Å²) in [6.45, 7) is 1.84. The number of hydrogen-bond donors (Lipinski definition) is 3. The van der Waals surface area contributed by atoms with Crippen molar-refractivity contribution >= 4 is 34.1 Å². The maximum Gasteiger partial charge on any atom is 0.205 e. The lowest BCUT2D eigenvalue weighted by atomic mass is 10.1. The smallest absolute Gasteiger partial charge is 0.205 e. The quantitative estimate of drug-likeness (QED) is 0.605. The fourth-order valence-corrected chi connectivity index (χ4v) is 3.55. The predicted octanol–water partition coefficient (Wildman–Crippen LogP) is 5.81. The molecule has 0 unspecified atom stereocenters. The summed E-state index contributed by atoms with van der Waals surface area (Å²) in [5.41, 5.74) is 3.98. The van der Waals surface area contributed by atoms with Crippen molar-refractivity contribution < 1.29 is 8.78 Å². The second-order valence-electron chi connectivity index (χ2n) is 5.58. The van der Waals surface area contributed by atoms with Gasteiger partial charge < -0.3 is 10.6 Å². The van der Waals surface area contributed by atoms with E-state index in [-0.39, 0.29) is 5.82 Å². The Hall–Kier alpha value is -2.73. The summed E-state index contributed by atoms with van der Waals surface area (Å²) >= 11 is 1.53. The van der Waals surface area contributed by atoms with E-state index in [9.17, 15) is 8.78 Å². The van der Waals surface area contributed by atoms with Crippen LogP contribution in [0.1, 0.15) is 12.5 Å². The molecule has 0 amide bonds. The van der Waals surface area contributed by atoms with E-state index in [0.29, 0.717) is 5.69 Å². The fraction of sp³-hybridized carbons (Fsp3) is 0.105. The minimum absolute atomic E-state index is 0.287. The Labute approximate surface area is 148 Å². The molecule has 25 heavy (non-hydrogen) atoms. The van der Waals surface area contributed by atoms with Crippen LogP contribution in [-0.2, 0) is 0 Å². The van der Waals surface area contributed by atoms with E-state index in [4.69, 9.17) is 5.41 Å². The summed E-state index contributed by atoms with van der Waals surface area (Å²) in [5.74, 6) is -1.27. The van der Waals surface area contributed by atoms with Crippen molar-refractivity contribution in [2.75, 3.05) is 17.7 Å². The highest BCUT2D eigenvalue weighted by molar-refractivity contribution is 7.19. The molecule has 0 saturated carbocycles. The van der Waals surface area contributed by atoms with Crippen molar-refractivity contribution in [1.82, 2.24) is 0 Å². The van der Waals surface area contributed by atoms with Crippen LogP contribution >= 0.6 is 11.3 Å². The lowest BCUT2D eigenvalue weighted by Gasteiger charge is -2.13. The molecule has 1 aliphatic heterocycles. The van der Waals surface area contributed by atoms with E-state index in [1.165, 1.54) is 17.4 Å². The van der Waals surface area contributed by atoms with Gasteiger partial charge in [0.05, 0.1) is 5.69 Å². The van der Waals surface area contributed by atoms with Crippen molar-refractivity contribution in [3.8, 4) is 10.4 Å². The van der Waals surface area contributed by atoms with Gasteiger partial charge in [0.1, 0.15) is 10.8 Å². The number of fused-ring (bicyclic) bond motifs is 1. The molecule has 1 aromatic carbocycles. The molecule has 0 spiro atoms. The number of nitrogens with one attached hydrogen (secondary N) is 3. The van der Waals surface area contributed by atoms with Crippen LogP contribution in [0.3, 0.4) is 0 Å². The number of thiophene rings is 1. The number of rotatable bonds is 4. The highest BCUT2D eigenvalue weighted by Crippen LogP contribution is 2.40. The van der Waals surface area contributed by atoms with Gasteiger partial charge in [0.2, 0.25) is 5.97 Å². The van der Waals surface area contributed by atoms with Crippen LogP contribution in [-0.4, -0.2) is 13.0 Å². The molecule has 6 heteroatoms. The van der Waals surface area contributed by atoms with Crippen molar-refractivity contribution in [3.63, 3.8) is 0 Å². The summed E-state index contributed by atoms with van der Waals surface area (Å²) in [4.78, 5) is 0.962. The van der Waals surface area contributed by atoms with Gasteiger partial charge in [-0.2, -0.15) is 4.39 Å². The zero-order chi connectivity index (χ0) is 18.0. The Bertz CT molecular complexity index is 923. The second-order valence-corrected chi connectivity index (χ2v) is 6.63. The zero-order valence-electron chi connectivity index (χ0n) is 13.8. The third-order valence-electron chi connectivity index (χ3n) is 3.87. The SMILES string of the molecule is CNc1ccc(-c2cc3c(s2)NC(=C(C)C=CC(=N)F)C=C3)cc1F. The minimum Gasteiger partial charge on any atom is -0.386 e. The molecule has 3 nitrogen and oxygen atoms in total. The molecule has 1 aliphatic rings. The average molecular weight is 357 g/mol. The summed E-state index contributed by atoms with van der Waals surface area (Å²) in [6, 6.07) is 7.13. The topological polar surface area (TPSA) is 47.9 Å². The van der Waals surface area contributed by atoms with Crippen LogP contribution in [0.4, 0.5) is 19.5 Å². The molecule has 0 radical (unpaired) electrons. The van der Waals surface area contributed by atoms with Crippen molar-refractivity contribution in [2.45, 2.75) is 6.92 Å². The van der Waals surface area contributed by atoms with Crippen molar-refractivity contribution in [1.29, 1.82) is 5.41 Å². The number of benzene rings is 1. The largest absolute Gasteiger partial charge is 0.386 e. The molecule has 2 heterocycles. The third kappa shape index (κ3) is 3.69. The Morgan fingerprint density at radius 3 is 2.72 bits per heavy atom. The Morgan fingerprint density at radius 1 is 1.24 bits per heavy atom. The van der Waals surface area contributed by atoms with E-state index >= 15 is 0 Å². The molecular weight excluding hydrogens is 340 g/mol. The van der Waals surface area contributed by atoms with Gasteiger partial charge in [-0.25, -0.2) is 4.39 Å². The van der Waals surface area contributed by atoms with Gasteiger partial charge in [-0.05, 0) is 54.5 Å². The maximum atomic E-state index is 14.0. The molecule has 0 atom stereocenters. The molecule has 0 saturated heterocycles. The Balaban J connectivity index is 1.90. The average Bonchev–Trinajstić information content (AvgIpc) is 3.02. The lowest BCUT2D eigenvalue weighted by Crippen LogP contribution is -2.02. The first-order valence-corrected chi connectivity index (χ1v) is 8.49. The summed E-state index contributed by atoms with van der Waals surface area (Å²) in [7, 11) is 1.69. The van der Waals surface area contributed by atoms with Crippen molar-refractivity contribution in [3.05, 3.63) is 65.1 Å². The van der Waals surface area contributed by atoms with Crippen LogP contribution in [0.15, 0.2) is 53.8 Å². The summed E-state index contributed by atoms with van der Waals surface area (Å²) in [6.07, 6.45) is 6.54. The van der Waals surface area contributed by atoms with E-state index in [1.807, 2.05) is 31.2 Å². The third-order valence-corrected chi connectivity index (χ3v) is 4.98. The van der Waals surface area contributed by atoms with Crippen molar-refractivity contribution in [2.24, 2.45) is 0 Å². The molecule has 3 N–H and O–H groups in total. The first-order valence-electron chi connectivity index (χ1n) is 7.67. The molecule has 0 fully saturated rings. The molecule has 0 aliphatic carbocycles. The molecule has 3 rings (SSSR count). The van der Waals surface area contributed by atoms with Gasteiger partial charge in [0, 0.05) is 23.2 Å². The van der Waals surface area contributed by atoms with Gasteiger partial charge in [0.15, 0.2) is 0 Å². The number of halogens is 2. The summed E-state index contributed by atoms with van der Waals surface area (Å²) in [5, 5.41) is 13.9. The second kappa shape index (κ2) is 7.03. The van der Waals surface area contributed by atoms with Crippen LogP contribution in [0.2, 0.25) is 0 Å². The Kier molecular flexibility index (Phi) is 4.81. The molecule has 0 bridgehead atoms. The zero-order valence-corrected chi connectivity index (χ0v) is 14.6. The molecular formula is C19H17F2N3S. The van der Waals surface area contributed by atoms with E-state index in [0.717, 1.165) is 38.4 Å². The monoisotopic (exact) mass is 357 g/mol. The molecule has 128 valence electrons.